The Balaban J connectivity index is 2.29. The topological polar surface area (TPSA) is 55.9 Å². The van der Waals surface area contributed by atoms with Crippen LogP contribution in [0.4, 0.5) is 4.39 Å². The van der Waals surface area contributed by atoms with Crippen LogP contribution in [0.2, 0.25) is 5.02 Å². The fourth-order valence-electron chi connectivity index (χ4n) is 2.14. The van der Waals surface area contributed by atoms with E-state index in [1.165, 1.54) is 12.1 Å². The van der Waals surface area contributed by atoms with Crippen LogP contribution >= 0.6 is 11.6 Å². The number of hydrogen-bond acceptors (Lipinski definition) is 3. The van der Waals surface area contributed by atoms with E-state index in [1.807, 2.05) is 20.2 Å². The summed E-state index contributed by atoms with van der Waals surface area (Å²) in [6.45, 7) is 1.90. The Morgan fingerprint density at radius 3 is 2.84 bits per heavy atom. The third-order valence-electron chi connectivity index (χ3n) is 3.06. The fourth-order valence-corrected chi connectivity index (χ4v) is 2.33. The molecule has 1 aromatic heterocycles. The van der Waals surface area contributed by atoms with Crippen molar-refractivity contribution in [3.63, 3.8) is 0 Å². The largest absolute Gasteiger partial charge is 0.275 e. The van der Waals surface area contributed by atoms with Crippen LogP contribution in [0.5, 0.6) is 0 Å². The lowest BCUT2D eigenvalue weighted by Gasteiger charge is -2.16. The van der Waals surface area contributed by atoms with Crippen molar-refractivity contribution in [2.24, 2.45) is 12.9 Å². The third-order valence-corrected chi connectivity index (χ3v) is 3.29. The minimum absolute atomic E-state index is 0.207. The van der Waals surface area contributed by atoms with E-state index in [-0.39, 0.29) is 11.9 Å². The monoisotopic (exact) mass is 282 g/mol. The number of nitrogens with one attached hydrogen (secondary N) is 1. The third kappa shape index (κ3) is 3.12. The molecule has 0 fully saturated rings. The molecule has 0 aliphatic heterocycles. The normalized spacial score (nSPS) is 12.7. The van der Waals surface area contributed by atoms with Gasteiger partial charge in [-0.1, -0.05) is 11.6 Å². The predicted octanol–water partition coefficient (Wildman–Crippen LogP) is 2.27. The van der Waals surface area contributed by atoms with Gasteiger partial charge in [-0.25, -0.2) is 4.39 Å². The maximum absolute atomic E-state index is 13.7. The van der Waals surface area contributed by atoms with Gasteiger partial charge in [0.05, 0.1) is 11.7 Å². The summed E-state index contributed by atoms with van der Waals surface area (Å²) in [5.74, 6) is 5.29. The number of aryl methyl sites for hydroxylation is 2. The molecule has 1 atom stereocenters. The van der Waals surface area contributed by atoms with Gasteiger partial charge in [0.15, 0.2) is 0 Å². The molecular weight excluding hydrogens is 267 g/mol. The van der Waals surface area contributed by atoms with Crippen molar-refractivity contribution in [3.05, 3.63) is 52.1 Å². The number of rotatable bonds is 4. The highest BCUT2D eigenvalue weighted by atomic mass is 35.5. The van der Waals surface area contributed by atoms with Crippen LogP contribution in [-0.4, -0.2) is 9.78 Å². The van der Waals surface area contributed by atoms with Crippen LogP contribution in [0.25, 0.3) is 0 Å². The lowest BCUT2D eigenvalue weighted by molar-refractivity contribution is 0.527. The second-order valence-electron chi connectivity index (χ2n) is 4.50. The average Bonchev–Trinajstić information content (AvgIpc) is 2.69. The zero-order chi connectivity index (χ0) is 14.0. The minimum Gasteiger partial charge on any atom is -0.275 e. The van der Waals surface area contributed by atoms with Gasteiger partial charge in [0.25, 0.3) is 0 Å². The van der Waals surface area contributed by atoms with Gasteiger partial charge in [0.2, 0.25) is 0 Å². The van der Waals surface area contributed by atoms with E-state index < -0.39 is 0 Å². The molecule has 3 N–H and O–H groups in total. The van der Waals surface area contributed by atoms with Crippen LogP contribution in [0.1, 0.15) is 22.9 Å². The lowest BCUT2D eigenvalue weighted by atomic mass is 10.00. The van der Waals surface area contributed by atoms with E-state index in [0.717, 1.165) is 11.3 Å². The highest BCUT2D eigenvalue weighted by Gasteiger charge is 2.17. The van der Waals surface area contributed by atoms with E-state index in [2.05, 4.69) is 10.5 Å². The first-order valence-electron chi connectivity index (χ1n) is 5.91. The Labute approximate surface area is 116 Å². The van der Waals surface area contributed by atoms with Crippen molar-refractivity contribution in [1.29, 1.82) is 0 Å². The summed E-state index contributed by atoms with van der Waals surface area (Å²) >= 11 is 5.89. The van der Waals surface area contributed by atoms with Gasteiger partial charge in [-0.15, -0.1) is 0 Å². The van der Waals surface area contributed by atoms with Gasteiger partial charge in [-0.3, -0.25) is 16.0 Å². The number of aromatic nitrogens is 2. The summed E-state index contributed by atoms with van der Waals surface area (Å²) in [7, 11) is 1.84. The van der Waals surface area contributed by atoms with E-state index in [0.29, 0.717) is 17.0 Å². The van der Waals surface area contributed by atoms with E-state index in [4.69, 9.17) is 17.4 Å². The number of halogens is 2. The molecule has 4 nitrogen and oxygen atoms in total. The zero-order valence-corrected chi connectivity index (χ0v) is 11.6. The van der Waals surface area contributed by atoms with Gasteiger partial charge in [0, 0.05) is 23.8 Å². The first-order valence-corrected chi connectivity index (χ1v) is 6.29. The molecule has 0 amide bonds. The van der Waals surface area contributed by atoms with Crippen molar-refractivity contribution < 1.29 is 4.39 Å². The second-order valence-corrected chi connectivity index (χ2v) is 4.94. The molecule has 2 aromatic rings. The van der Waals surface area contributed by atoms with Crippen molar-refractivity contribution in [2.45, 2.75) is 19.4 Å². The Bertz CT molecular complexity index is 582. The van der Waals surface area contributed by atoms with Gasteiger partial charge >= 0.3 is 0 Å². The van der Waals surface area contributed by atoms with Crippen molar-refractivity contribution in [2.75, 3.05) is 0 Å². The van der Waals surface area contributed by atoms with Gasteiger partial charge in [-0.05, 0) is 37.1 Å². The van der Waals surface area contributed by atoms with Gasteiger partial charge < -0.3 is 0 Å². The molecule has 1 heterocycles. The summed E-state index contributed by atoms with van der Waals surface area (Å²) in [6, 6.07) is 4.30. The molecule has 0 spiro atoms. The second kappa shape index (κ2) is 5.69. The molecule has 1 aromatic carbocycles. The predicted molar refractivity (Wildman–Crippen MR) is 73.1 cm³/mol. The van der Waals surface area contributed by atoms with E-state index in [1.54, 1.807) is 10.7 Å². The summed E-state index contributed by atoms with van der Waals surface area (Å²) in [4.78, 5) is 0. The average molecular weight is 283 g/mol. The molecule has 0 saturated heterocycles. The Morgan fingerprint density at radius 1 is 1.53 bits per heavy atom. The minimum atomic E-state index is -0.286. The van der Waals surface area contributed by atoms with Gasteiger partial charge in [-0.2, -0.15) is 5.10 Å². The number of hydrogen-bond donors (Lipinski definition) is 2. The fraction of sp³-hybridized carbons (Fsp3) is 0.308. The number of hydrazine groups is 1. The standard InChI is InChI=1S/C13H16ClFN4/c1-8-11(7-19(2)18-8)13(17-16)6-9-5-10(14)3-4-12(9)15/h3-5,7,13,17H,6,16H2,1-2H3. The molecule has 0 bridgehead atoms. The molecule has 102 valence electrons. The van der Waals surface area contributed by atoms with Gasteiger partial charge in [0.1, 0.15) is 5.82 Å². The number of benzene rings is 1. The number of nitrogens with zero attached hydrogens (tertiary/aromatic N) is 2. The first kappa shape index (κ1) is 14.0. The maximum atomic E-state index is 13.7. The molecule has 0 aliphatic carbocycles. The summed E-state index contributed by atoms with van der Waals surface area (Å²) in [5.41, 5.74) is 5.05. The first-order chi connectivity index (χ1) is 9.01. The molecule has 6 heteroatoms. The summed E-state index contributed by atoms with van der Waals surface area (Å²) < 4.78 is 15.5. The van der Waals surface area contributed by atoms with E-state index >= 15 is 0 Å². The maximum Gasteiger partial charge on any atom is 0.126 e. The molecule has 2 rings (SSSR count). The van der Waals surface area contributed by atoms with Crippen LogP contribution < -0.4 is 11.3 Å². The smallest absolute Gasteiger partial charge is 0.126 e. The van der Waals surface area contributed by atoms with Crippen molar-refractivity contribution in [1.82, 2.24) is 15.2 Å². The molecule has 0 aliphatic rings. The highest BCUT2D eigenvalue weighted by Crippen LogP contribution is 2.23. The Morgan fingerprint density at radius 2 is 2.26 bits per heavy atom. The van der Waals surface area contributed by atoms with Crippen molar-refractivity contribution >= 4 is 11.6 Å². The quantitative estimate of drug-likeness (QED) is 0.668. The lowest BCUT2D eigenvalue weighted by Crippen LogP contribution is -2.30. The highest BCUT2D eigenvalue weighted by molar-refractivity contribution is 6.30. The SMILES string of the molecule is Cc1nn(C)cc1C(Cc1cc(Cl)ccc1F)NN. The molecule has 0 saturated carbocycles. The zero-order valence-electron chi connectivity index (χ0n) is 10.8. The van der Waals surface area contributed by atoms with Crippen LogP contribution in [0.3, 0.4) is 0 Å². The van der Waals surface area contributed by atoms with Crippen molar-refractivity contribution in [3.8, 4) is 0 Å². The van der Waals surface area contributed by atoms with E-state index in [9.17, 15) is 4.39 Å². The Kier molecular flexibility index (Phi) is 4.19. The number of nitrogens with two attached hydrogens (primary N) is 1. The van der Waals surface area contributed by atoms with Crippen LogP contribution in [-0.2, 0) is 13.5 Å². The Hall–Kier alpha value is -1.43. The summed E-state index contributed by atoms with van der Waals surface area (Å²) in [6.07, 6.45) is 2.29. The molecular formula is C13H16ClFN4. The summed E-state index contributed by atoms with van der Waals surface area (Å²) in [5, 5.41) is 4.77. The molecule has 1 unspecified atom stereocenters. The van der Waals surface area contributed by atoms with Crippen LogP contribution in [0.15, 0.2) is 24.4 Å². The molecule has 0 radical (unpaired) electrons. The van der Waals surface area contributed by atoms with Crippen LogP contribution in [0, 0.1) is 12.7 Å². The molecule has 19 heavy (non-hydrogen) atoms.